The van der Waals surface area contributed by atoms with Gasteiger partial charge in [-0.25, -0.2) is 4.39 Å². The summed E-state index contributed by atoms with van der Waals surface area (Å²) in [7, 11) is 0. The molecule has 22 heavy (non-hydrogen) atoms. The van der Waals surface area contributed by atoms with Crippen molar-refractivity contribution in [2.24, 2.45) is 0 Å². The molecule has 0 bridgehead atoms. The standard InChI is InChI=1S/C17H23FN2O2/c1-16(2,11-6-5-7-12(18)10-11)15(22)19-13-8-9-14(21)20-17(13,3)4/h5-7,10,13H,8-9H2,1-4H3,(H,19,22)(H,20,21). The van der Waals surface area contributed by atoms with Gasteiger partial charge >= 0.3 is 0 Å². The zero-order valence-corrected chi connectivity index (χ0v) is 13.5. The lowest BCUT2D eigenvalue weighted by Crippen LogP contribution is -2.63. The molecule has 0 radical (unpaired) electrons. The van der Waals surface area contributed by atoms with Crippen molar-refractivity contribution >= 4 is 11.8 Å². The molecule has 1 saturated heterocycles. The SMILES string of the molecule is CC(C)(C(=O)NC1CCC(=O)NC1(C)C)c1cccc(F)c1. The van der Waals surface area contributed by atoms with Crippen LogP contribution >= 0.6 is 0 Å². The summed E-state index contributed by atoms with van der Waals surface area (Å²) in [4.78, 5) is 24.2. The number of hydrogen-bond acceptors (Lipinski definition) is 2. The molecule has 1 aromatic rings. The molecule has 0 spiro atoms. The molecule has 120 valence electrons. The van der Waals surface area contributed by atoms with Crippen LogP contribution in [0.15, 0.2) is 24.3 Å². The third-order valence-corrected chi connectivity index (χ3v) is 4.41. The van der Waals surface area contributed by atoms with Gasteiger partial charge in [0.1, 0.15) is 5.82 Å². The summed E-state index contributed by atoms with van der Waals surface area (Å²) in [6.07, 6.45) is 0.999. The highest BCUT2D eigenvalue weighted by Crippen LogP contribution is 2.26. The van der Waals surface area contributed by atoms with Crippen LogP contribution in [0.1, 0.15) is 46.1 Å². The number of rotatable bonds is 3. The number of amides is 2. The average Bonchev–Trinajstić information content (AvgIpc) is 2.41. The minimum absolute atomic E-state index is 0.000102. The average molecular weight is 306 g/mol. The summed E-state index contributed by atoms with van der Waals surface area (Å²) >= 11 is 0. The topological polar surface area (TPSA) is 58.2 Å². The molecule has 0 aromatic heterocycles. The van der Waals surface area contributed by atoms with Gasteiger partial charge in [-0.05, 0) is 51.8 Å². The van der Waals surface area contributed by atoms with Crippen LogP contribution < -0.4 is 10.6 Å². The van der Waals surface area contributed by atoms with E-state index in [1.54, 1.807) is 26.0 Å². The number of benzene rings is 1. The van der Waals surface area contributed by atoms with Gasteiger partial charge in [-0.2, -0.15) is 0 Å². The fourth-order valence-electron chi connectivity index (χ4n) is 2.74. The zero-order valence-electron chi connectivity index (χ0n) is 13.5. The van der Waals surface area contributed by atoms with Crippen molar-refractivity contribution in [3.05, 3.63) is 35.6 Å². The van der Waals surface area contributed by atoms with E-state index in [0.717, 1.165) is 0 Å². The van der Waals surface area contributed by atoms with Crippen molar-refractivity contribution in [1.82, 2.24) is 10.6 Å². The Hall–Kier alpha value is -1.91. The van der Waals surface area contributed by atoms with Crippen molar-refractivity contribution in [3.63, 3.8) is 0 Å². The van der Waals surface area contributed by atoms with Gasteiger partial charge in [0.05, 0.1) is 17.0 Å². The fraction of sp³-hybridized carbons (Fsp3) is 0.529. The normalized spacial score (nSPS) is 21.1. The van der Waals surface area contributed by atoms with Crippen LogP contribution in [0.25, 0.3) is 0 Å². The number of halogens is 1. The molecule has 5 heteroatoms. The number of carbonyl (C=O) groups is 2. The van der Waals surface area contributed by atoms with E-state index in [2.05, 4.69) is 10.6 Å². The lowest BCUT2D eigenvalue weighted by atomic mass is 9.81. The molecule has 1 heterocycles. The Morgan fingerprint density at radius 2 is 2.09 bits per heavy atom. The molecule has 1 aliphatic rings. The van der Waals surface area contributed by atoms with E-state index in [0.29, 0.717) is 18.4 Å². The lowest BCUT2D eigenvalue weighted by Gasteiger charge is -2.41. The van der Waals surface area contributed by atoms with E-state index < -0.39 is 11.0 Å². The minimum Gasteiger partial charge on any atom is -0.350 e. The molecule has 2 amide bonds. The van der Waals surface area contributed by atoms with E-state index >= 15 is 0 Å². The third-order valence-electron chi connectivity index (χ3n) is 4.41. The molecule has 1 atom stereocenters. The van der Waals surface area contributed by atoms with Crippen LogP contribution in [0.5, 0.6) is 0 Å². The van der Waals surface area contributed by atoms with Crippen molar-refractivity contribution in [3.8, 4) is 0 Å². The predicted molar refractivity (Wildman–Crippen MR) is 82.8 cm³/mol. The Kier molecular flexibility index (Phi) is 4.27. The first-order valence-electron chi connectivity index (χ1n) is 7.51. The van der Waals surface area contributed by atoms with Gasteiger partial charge in [-0.1, -0.05) is 12.1 Å². The van der Waals surface area contributed by atoms with Gasteiger partial charge in [-0.15, -0.1) is 0 Å². The van der Waals surface area contributed by atoms with E-state index in [4.69, 9.17) is 0 Å². The second-order valence-electron chi connectivity index (χ2n) is 6.97. The van der Waals surface area contributed by atoms with Gasteiger partial charge in [0.25, 0.3) is 0 Å². The van der Waals surface area contributed by atoms with E-state index in [9.17, 15) is 14.0 Å². The Morgan fingerprint density at radius 3 is 2.68 bits per heavy atom. The maximum atomic E-state index is 13.4. The second-order valence-corrected chi connectivity index (χ2v) is 6.97. The van der Waals surface area contributed by atoms with E-state index in [-0.39, 0.29) is 23.7 Å². The summed E-state index contributed by atoms with van der Waals surface area (Å²) in [5.74, 6) is -0.532. The number of nitrogens with one attached hydrogen (secondary N) is 2. The number of hydrogen-bond donors (Lipinski definition) is 2. The summed E-state index contributed by atoms with van der Waals surface area (Å²) < 4.78 is 13.4. The predicted octanol–water partition coefficient (Wildman–Crippen LogP) is 2.28. The van der Waals surface area contributed by atoms with Gasteiger partial charge < -0.3 is 10.6 Å². The number of carbonyl (C=O) groups excluding carboxylic acids is 2. The van der Waals surface area contributed by atoms with E-state index in [1.165, 1.54) is 12.1 Å². The molecule has 1 aliphatic heterocycles. The Bertz CT molecular complexity index is 596. The van der Waals surface area contributed by atoms with Crippen LogP contribution in [-0.2, 0) is 15.0 Å². The summed E-state index contributed by atoms with van der Waals surface area (Å²) in [5, 5.41) is 5.91. The van der Waals surface area contributed by atoms with Crippen LogP contribution in [0.2, 0.25) is 0 Å². The van der Waals surface area contributed by atoms with Gasteiger partial charge in [0, 0.05) is 6.42 Å². The van der Waals surface area contributed by atoms with Crippen molar-refractivity contribution in [2.45, 2.75) is 57.5 Å². The van der Waals surface area contributed by atoms with Crippen LogP contribution in [0.4, 0.5) is 4.39 Å². The first-order chi connectivity index (χ1) is 10.1. The molecule has 1 fully saturated rings. The molecule has 2 rings (SSSR count). The van der Waals surface area contributed by atoms with Crippen LogP contribution in [0, 0.1) is 5.82 Å². The maximum Gasteiger partial charge on any atom is 0.230 e. The van der Waals surface area contributed by atoms with Crippen LogP contribution in [0.3, 0.4) is 0 Å². The number of piperidine rings is 1. The molecular formula is C17H23FN2O2. The van der Waals surface area contributed by atoms with Crippen molar-refractivity contribution < 1.29 is 14.0 Å². The highest BCUT2D eigenvalue weighted by atomic mass is 19.1. The Labute approximate surface area is 130 Å². The fourth-order valence-corrected chi connectivity index (χ4v) is 2.74. The Balaban J connectivity index is 2.16. The largest absolute Gasteiger partial charge is 0.350 e. The molecule has 0 saturated carbocycles. The first-order valence-corrected chi connectivity index (χ1v) is 7.51. The second kappa shape index (κ2) is 5.71. The van der Waals surface area contributed by atoms with Gasteiger partial charge in [0.15, 0.2) is 0 Å². The summed E-state index contributed by atoms with van der Waals surface area (Å²) in [6, 6.07) is 5.94. The first kappa shape index (κ1) is 16.5. The summed E-state index contributed by atoms with van der Waals surface area (Å²) in [5.41, 5.74) is -0.717. The van der Waals surface area contributed by atoms with Crippen LogP contribution in [-0.4, -0.2) is 23.4 Å². The zero-order chi connectivity index (χ0) is 16.5. The Morgan fingerprint density at radius 1 is 1.41 bits per heavy atom. The highest BCUT2D eigenvalue weighted by molar-refractivity contribution is 5.88. The minimum atomic E-state index is -0.848. The quantitative estimate of drug-likeness (QED) is 0.900. The van der Waals surface area contributed by atoms with Gasteiger partial charge in [0.2, 0.25) is 11.8 Å². The highest BCUT2D eigenvalue weighted by Gasteiger charge is 2.39. The third kappa shape index (κ3) is 3.29. The molecule has 0 aliphatic carbocycles. The molecule has 4 nitrogen and oxygen atoms in total. The molecule has 2 N–H and O–H groups in total. The van der Waals surface area contributed by atoms with E-state index in [1.807, 2.05) is 13.8 Å². The molecule has 1 aromatic carbocycles. The van der Waals surface area contributed by atoms with Gasteiger partial charge in [-0.3, -0.25) is 9.59 Å². The monoisotopic (exact) mass is 306 g/mol. The van der Waals surface area contributed by atoms with Crippen molar-refractivity contribution in [1.29, 1.82) is 0 Å². The smallest absolute Gasteiger partial charge is 0.230 e. The maximum absolute atomic E-state index is 13.4. The molecular weight excluding hydrogens is 283 g/mol. The summed E-state index contributed by atoms with van der Waals surface area (Å²) in [6.45, 7) is 7.32. The molecule has 1 unspecified atom stereocenters. The lowest BCUT2D eigenvalue weighted by molar-refractivity contribution is -0.130. The van der Waals surface area contributed by atoms with Crippen molar-refractivity contribution in [2.75, 3.05) is 0 Å².